The molecule has 2 rings (SSSR count). The Morgan fingerprint density at radius 3 is 2.69 bits per heavy atom. The van der Waals surface area contributed by atoms with Gasteiger partial charge in [0.2, 0.25) is 0 Å². The fourth-order valence-corrected chi connectivity index (χ4v) is 1.52. The van der Waals surface area contributed by atoms with Gasteiger partial charge in [0.25, 0.3) is 0 Å². The molecule has 0 saturated heterocycles. The summed E-state index contributed by atoms with van der Waals surface area (Å²) in [6, 6.07) is 9.10. The first-order valence-electron chi connectivity index (χ1n) is 4.50. The van der Waals surface area contributed by atoms with E-state index in [2.05, 4.69) is 9.97 Å². The minimum atomic E-state index is 0.111. The molecule has 78 valence electrons. The van der Waals surface area contributed by atoms with Gasteiger partial charge >= 0.3 is 0 Å². The van der Waals surface area contributed by atoms with Crippen LogP contribution in [0.25, 0.3) is 11.3 Å². The van der Waals surface area contributed by atoms with Crippen LogP contribution in [0.2, 0.25) is 5.02 Å². The van der Waals surface area contributed by atoms with E-state index in [1.54, 1.807) is 6.07 Å². The van der Waals surface area contributed by atoms with Gasteiger partial charge in [-0.05, 0) is 6.07 Å². The van der Waals surface area contributed by atoms with Crippen LogP contribution in [0.1, 0.15) is 5.69 Å². The Morgan fingerprint density at radius 1 is 1.31 bits per heavy atom. The molecule has 1 aromatic carbocycles. The summed E-state index contributed by atoms with van der Waals surface area (Å²) in [5, 5.41) is 9.25. The number of halogens is 1. The first kappa shape index (κ1) is 10.4. The van der Waals surface area contributed by atoms with Gasteiger partial charge in [0.1, 0.15) is 6.07 Å². The standard InChI is InChI=1S/C11H7ClN4/c12-8-4-2-1-3-7(8)10-6-15-9(5-13)11(14)16-10/h1-4,6H,(H2,14,16). The number of benzene rings is 1. The van der Waals surface area contributed by atoms with Gasteiger partial charge in [-0.25, -0.2) is 9.97 Å². The van der Waals surface area contributed by atoms with Gasteiger partial charge in [-0.15, -0.1) is 0 Å². The minimum Gasteiger partial charge on any atom is -0.381 e. The SMILES string of the molecule is N#Cc1ncc(-c2ccccc2Cl)nc1N. The summed E-state index contributed by atoms with van der Waals surface area (Å²) in [4.78, 5) is 7.99. The predicted molar refractivity (Wildman–Crippen MR) is 61.6 cm³/mol. The molecule has 0 atom stereocenters. The van der Waals surface area contributed by atoms with Gasteiger partial charge in [-0.3, -0.25) is 0 Å². The largest absolute Gasteiger partial charge is 0.381 e. The monoisotopic (exact) mass is 230 g/mol. The Kier molecular flexibility index (Phi) is 2.71. The summed E-state index contributed by atoms with van der Waals surface area (Å²) >= 11 is 6.01. The van der Waals surface area contributed by atoms with Crippen molar-refractivity contribution in [2.75, 3.05) is 5.73 Å². The van der Waals surface area contributed by atoms with Crippen LogP contribution in [-0.4, -0.2) is 9.97 Å². The van der Waals surface area contributed by atoms with Crippen molar-refractivity contribution in [1.82, 2.24) is 9.97 Å². The van der Waals surface area contributed by atoms with Gasteiger partial charge in [-0.2, -0.15) is 5.26 Å². The van der Waals surface area contributed by atoms with E-state index in [-0.39, 0.29) is 11.5 Å². The first-order valence-corrected chi connectivity index (χ1v) is 4.87. The van der Waals surface area contributed by atoms with Crippen LogP contribution in [-0.2, 0) is 0 Å². The molecule has 0 amide bonds. The zero-order valence-electron chi connectivity index (χ0n) is 8.18. The van der Waals surface area contributed by atoms with Crippen molar-refractivity contribution in [1.29, 1.82) is 5.26 Å². The highest BCUT2D eigenvalue weighted by molar-refractivity contribution is 6.33. The van der Waals surface area contributed by atoms with E-state index in [0.29, 0.717) is 10.7 Å². The van der Waals surface area contributed by atoms with Gasteiger partial charge < -0.3 is 5.73 Å². The molecule has 0 aliphatic heterocycles. The molecular weight excluding hydrogens is 224 g/mol. The van der Waals surface area contributed by atoms with Gasteiger partial charge in [0.15, 0.2) is 11.5 Å². The molecule has 0 unspecified atom stereocenters. The summed E-state index contributed by atoms with van der Waals surface area (Å²) in [5.74, 6) is 0.111. The molecule has 0 radical (unpaired) electrons. The highest BCUT2D eigenvalue weighted by atomic mass is 35.5. The Balaban J connectivity index is 2.55. The predicted octanol–water partition coefficient (Wildman–Crippen LogP) is 2.25. The Hall–Kier alpha value is -2.12. The zero-order valence-corrected chi connectivity index (χ0v) is 8.94. The van der Waals surface area contributed by atoms with Crippen molar-refractivity contribution in [3.63, 3.8) is 0 Å². The van der Waals surface area contributed by atoms with Crippen LogP contribution < -0.4 is 5.73 Å². The second-order valence-corrected chi connectivity index (χ2v) is 3.49. The molecule has 0 spiro atoms. The summed E-state index contributed by atoms with van der Waals surface area (Å²) in [6.45, 7) is 0. The maximum Gasteiger partial charge on any atom is 0.182 e. The second-order valence-electron chi connectivity index (χ2n) is 3.08. The molecule has 1 heterocycles. The molecule has 4 nitrogen and oxygen atoms in total. The molecule has 5 heteroatoms. The maximum atomic E-state index is 8.68. The lowest BCUT2D eigenvalue weighted by Crippen LogP contribution is -1.99. The number of rotatable bonds is 1. The van der Waals surface area contributed by atoms with Crippen molar-refractivity contribution in [3.8, 4) is 17.3 Å². The molecule has 0 bridgehead atoms. The number of nitrogens with zero attached hydrogens (tertiary/aromatic N) is 3. The number of nitrogen functional groups attached to an aromatic ring is 1. The Morgan fingerprint density at radius 2 is 2.06 bits per heavy atom. The van der Waals surface area contributed by atoms with Crippen LogP contribution in [0.5, 0.6) is 0 Å². The van der Waals surface area contributed by atoms with Crippen molar-refractivity contribution in [2.45, 2.75) is 0 Å². The third kappa shape index (κ3) is 1.81. The van der Waals surface area contributed by atoms with Crippen LogP contribution in [0.3, 0.4) is 0 Å². The summed E-state index contributed by atoms with van der Waals surface area (Å²) in [7, 11) is 0. The first-order chi connectivity index (χ1) is 7.72. The van der Waals surface area contributed by atoms with E-state index in [9.17, 15) is 0 Å². The van der Waals surface area contributed by atoms with Crippen molar-refractivity contribution in [2.24, 2.45) is 0 Å². The molecule has 2 N–H and O–H groups in total. The molecule has 1 aromatic heterocycles. The molecule has 0 saturated carbocycles. The van der Waals surface area contributed by atoms with E-state index < -0.39 is 0 Å². The second kappa shape index (κ2) is 4.17. The average molecular weight is 231 g/mol. The fourth-order valence-electron chi connectivity index (χ4n) is 1.29. The lowest BCUT2D eigenvalue weighted by Gasteiger charge is -2.04. The summed E-state index contributed by atoms with van der Waals surface area (Å²) in [6.07, 6.45) is 1.48. The number of anilines is 1. The van der Waals surface area contributed by atoms with Crippen LogP contribution in [0.4, 0.5) is 5.82 Å². The third-order valence-corrected chi connectivity index (χ3v) is 2.38. The van der Waals surface area contributed by atoms with Crippen molar-refractivity contribution < 1.29 is 0 Å². The van der Waals surface area contributed by atoms with Crippen LogP contribution in [0.15, 0.2) is 30.5 Å². The molecule has 0 aliphatic carbocycles. The van der Waals surface area contributed by atoms with Gasteiger partial charge in [0.05, 0.1) is 16.9 Å². The summed E-state index contributed by atoms with van der Waals surface area (Å²) in [5.41, 5.74) is 7.00. The topological polar surface area (TPSA) is 75.6 Å². The highest BCUT2D eigenvalue weighted by Crippen LogP contribution is 2.26. The minimum absolute atomic E-state index is 0.111. The smallest absolute Gasteiger partial charge is 0.182 e. The number of nitrogens with two attached hydrogens (primary N) is 1. The highest BCUT2D eigenvalue weighted by Gasteiger charge is 2.07. The zero-order chi connectivity index (χ0) is 11.5. The third-order valence-electron chi connectivity index (χ3n) is 2.06. The maximum absolute atomic E-state index is 8.68. The van der Waals surface area contributed by atoms with Crippen LogP contribution in [0, 0.1) is 11.3 Å². The Bertz CT molecular complexity index is 574. The van der Waals surface area contributed by atoms with Crippen molar-refractivity contribution in [3.05, 3.63) is 41.2 Å². The molecular formula is C11H7ClN4. The molecule has 0 aliphatic rings. The number of aromatic nitrogens is 2. The Labute approximate surface area is 97.3 Å². The van der Waals surface area contributed by atoms with E-state index in [0.717, 1.165) is 5.56 Å². The number of hydrogen-bond acceptors (Lipinski definition) is 4. The number of hydrogen-bond donors (Lipinski definition) is 1. The van der Waals surface area contributed by atoms with Gasteiger partial charge in [-0.1, -0.05) is 29.8 Å². The van der Waals surface area contributed by atoms with E-state index in [1.165, 1.54) is 6.20 Å². The van der Waals surface area contributed by atoms with Crippen LogP contribution >= 0.6 is 11.6 Å². The van der Waals surface area contributed by atoms with Crippen molar-refractivity contribution >= 4 is 17.4 Å². The lowest BCUT2D eigenvalue weighted by molar-refractivity contribution is 1.18. The molecule has 16 heavy (non-hydrogen) atoms. The molecule has 0 fully saturated rings. The van der Waals surface area contributed by atoms with E-state index in [1.807, 2.05) is 24.3 Å². The number of nitriles is 1. The fraction of sp³-hybridized carbons (Fsp3) is 0. The van der Waals surface area contributed by atoms with E-state index in [4.69, 9.17) is 22.6 Å². The van der Waals surface area contributed by atoms with E-state index >= 15 is 0 Å². The lowest BCUT2D eigenvalue weighted by atomic mass is 10.1. The normalized spacial score (nSPS) is 9.75. The van der Waals surface area contributed by atoms with Gasteiger partial charge in [0, 0.05) is 5.56 Å². The molecule has 2 aromatic rings. The quantitative estimate of drug-likeness (QED) is 0.815. The average Bonchev–Trinajstić information content (AvgIpc) is 2.29. The summed E-state index contributed by atoms with van der Waals surface area (Å²) < 4.78 is 0.